The van der Waals surface area contributed by atoms with Gasteiger partial charge >= 0.3 is 5.97 Å². The van der Waals surface area contributed by atoms with Crippen LogP contribution in [0.4, 0.5) is 0 Å². The standard InChI is InChI=1S/C14H25NO4/c1-3-15-6-4-11(5-7-15)9-14(2)18-10-12(19-14)8-13(16)17/h11-12H,3-10H2,1-2H3,(H,16,17). The summed E-state index contributed by atoms with van der Waals surface area (Å²) in [4.78, 5) is 13.1. The molecule has 2 saturated heterocycles. The van der Waals surface area contributed by atoms with Crippen LogP contribution in [0.5, 0.6) is 0 Å². The lowest BCUT2D eigenvalue weighted by Crippen LogP contribution is -2.37. The van der Waals surface area contributed by atoms with E-state index in [9.17, 15) is 4.79 Å². The number of ether oxygens (including phenoxy) is 2. The van der Waals surface area contributed by atoms with E-state index in [4.69, 9.17) is 14.6 Å². The maximum absolute atomic E-state index is 10.7. The summed E-state index contributed by atoms with van der Waals surface area (Å²) in [5, 5.41) is 8.78. The fraction of sp³-hybridized carbons (Fsp3) is 0.929. The van der Waals surface area contributed by atoms with E-state index in [1.54, 1.807) is 0 Å². The van der Waals surface area contributed by atoms with Crippen molar-refractivity contribution in [3.63, 3.8) is 0 Å². The topological polar surface area (TPSA) is 59.0 Å². The Labute approximate surface area is 114 Å². The predicted molar refractivity (Wildman–Crippen MR) is 70.9 cm³/mol. The minimum atomic E-state index is -0.825. The smallest absolute Gasteiger partial charge is 0.306 e. The van der Waals surface area contributed by atoms with E-state index in [1.807, 2.05) is 6.92 Å². The molecule has 2 unspecified atom stereocenters. The van der Waals surface area contributed by atoms with E-state index in [0.717, 1.165) is 26.1 Å². The first-order valence-electron chi connectivity index (χ1n) is 7.26. The highest BCUT2D eigenvalue weighted by Crippen LogP contribution is 2.34. The average Bonchev–Trinajstić information content (AvgIpc) is 2.70. The minimum absolute atomic E-state index is 0.0316. The van der Waals surface area contributed by atoms with Crippen LogP contribution < -0.4 is 0 Å². The fourth-order valence-electron chi connectivity index (χ4n) is 3.12. The van der Waals surface area contributed by atoms with Gasteiger partial charge in [0.1, 0.15) is 0 Å². The van der Waals surface area contributed by atoms with Gasteiger partial charge in [-0.15, -0.1) is 0 Å². The van der Waals surface area contributed by atoms with Crippen molar-refractivity contribution >= 4 is 5.97 Å². The van der Waals surface area contributed by atoms with Crippen LogP contribution in [0.25, 0.3) is 0 Å². The van der Waals surface area contributed by atoms with Crippen molar-refractivity contribution in [1.29, 1.82) is 0 Å². The maximum Gasteiger partial charge on any atom is 0.306 e. The van der Waals surface area contributed by atoms with E-state index in [-0.39, 0.29) is 12.5 Å². The first-order valence-corrected chi connectivity index (χ1v) is 7.26. The summed E-state index contributed by atoms with van der Waals surface area (Å²) in [6, 6.07) is 0. The molecule has 19 heavy (non-hydrogen) atoms. The van der Waals surface area contributed by atoms with Crippen molar-refractivity contribution < 1.29 is 19.4 Å². The number of carbonyl (C=O) groups is 1. The van der Waals surface area contributed by atoms with Gasteiger partial charge in [-0.3, -0.25) is 4.79 Å². The summed E-state index contributed by atoms with van der Waals surface area (Å²) in [5.41, 5.74) is 0. The van der Waals surface area contributed by atoms with Gasteiger partial charge in [-0.2, -0.15) is 0 Å². The van der Waals surface area contributed by atoms with Crippen molar-refractivity contribution in [1.82, 2.24) is 4.90 Å². The Kier molecular flexibility index (Phi) is 4.81. The second-order valence-corrected chi connectivity index (χ2v) is 5.86. The van der Waals surface area contributed by atoms with Crippen molar-refractivity contribution in [3.8, 4) is 0 Å². The Morgan fingerprint density at radius 2 is 2.11 bits per heavy atom. The van der Waals surface area contributed by atoms with Gasteiger partial charge in [0.15, 0.2) is 5.79 Å². The lowest BCUT2D eigenvalue weighted by Gasteiger charge is -2.34. The van der Waals surface area contributed by atoms with Crippen LogP contribution in [0.1, 0.15) is 39.5 Å². The molecule has 0 aromatic rings. The summed E-state index contributed by atoms with van der Waals surface area (Å²) in [7, 11) is 0. The predicted octanol–water partition coefficient (Wildman–Crippen LogP) is 1.71. The molecule has 0 amide bonds. The molecule has 0 spiro atoms. The van der Waals surface area contributed by atoms with Crippen LogP contribution in [0.15, 0.2) is 0 Å². The summed E-state index contributed by atoms with van der Waals surface area (Å²) < 4.78 is 11.5. The van der Waals surface area contributed by atoms with Crippen LogP contribution in [-0.2, 0) is 14.3 Å². The largest absolute Gasteiger partial charge is 0.481 e. The highest BCUT2D eigenvalue weighted by atomic mass is 16.7. The van der Waals surface area contributed by atoms with Gasteiger partial charge in [-0.05, 0) is 45.3 Å². The average molecular weight is 271 g/mol. The molecule has 0 saturated carbocycles. The number of likely N-dealkylation sites (tertiary alicyclic amines) is 1. The number of piperidine rings is 1. The lowest BCUT2D eigenvalue weighted by atomic mass is 9.90. The molecular formula is C14H25NO4. The van der Waals surface area contributed by atoms with Crippen LogP contribution >= 0.6 is 0 Å². The number of hydrogen-bond donors (Lipinski definition) is 1. The second kappa shape index (κ2) is 6.20. The molecule has 0 aromatic heterocycles. The van der Waals surface area contributed by atoms with Gasteiger partial charge in [0, 0.05) is 6.42 Å². The zero-order valence-electron chi connectivity index (χ0n) is 11.9. The number of hydrogen-bond acceptors (Lipinski definition) is 4. The van der Waals surface area contributed by atoms with Crippen LogP contribution in [0.2, 0.25) is 0 Å². The molecule has 2 fully saturated rings. The molecule has 2 aliphatic heterocycles. The van der Waals surface area contributed by atoms with Gasteiger partial charge in [0.05, 0.1) is 19.1 Å². The Hall–Kier alpha value is -0.650. The number of aliphatic carboxylic acids is 1. The van der Waals surface area contributed by atoms with Crippen molar-refractivity contribution in [2.45, 2.75) is 51.4 Å². The van der Waals surface area contributed by atoms with Gasteiger partial charge < -0.3 is 19.5 Å². The van der Waals surface area contributed by atoms with Gasteiger partial charge in [0.25, 0.3) is 0 Å². The molecule has 0 radical (unpaired) electrons. The number of carboxylic acid groups (broad SMARTS) is 1. The summed E-state index contributed by atoms with van der Waals surface area (Å²) in [6.45, 7) is 7.96. The molecule has 2 heterocycles. The number of rotatable bonds is 5. The van der Waals surface area contributed by atoms with Crippen molar-refractivity contribution in [2.24, 2.45) is 5.92 Å². The van der Waals surface area contributed by atoms with E-state index in [1.165, 1.54) is 12.8 Å². The number of nitrogens with zero attached hydrogens (tertiary/aromatic N) is 1. The summed E-state index contributed by atoms with van der Waals surface area (Å²) in [6.07, 6.45) is 2.97. The van der Waals surface area contributed by atoms with E-state index >= 15 is 0 Å². The third kappa shape index (κ3) is 4.16. The molecule has 2 rings (SSSR count). The first kappa shape index (κ1) is 14.8. The van der Waals surface area contributed by atoms with Gasteiger partial charge in [-0.25, -0.2) is 0 Å². The quantitative estimate of drug-likeness (QED) is 0.825. The molecule has 0 bridgehead atoms. The number of carboxylic acids is 1. The zero-order valence-corrected chi connectivity index (χ0v) is 11.9. The molecular weight excluding hydrogens is 246 g/mol. The molecule has 110 valence electrons. The second-order valence-electron chi connectivity index (χ2n) is 5.86. The van der Waals surface area contributed by atoms with Crippen LogP contribution in [0, 0.1) is 5.92 Å². The van der Waals surface area contributed by atoms with Crippen molar-refractivity contribution in [2.75, 3.05) is 26.2 Å². The highest BCUT2D eigenvalue weighted by Gasteiger charge is 2.40. The lowest BCUT2D eigenvalue weighted by molar-refractivity contribution is -0.171. The monoisotopic (exact) mass is 271 g/mol. The van der Waals surface area contributed by atoms with E-state index < -0.39 is 11.8 Å². The molecule has 5 heteroatoms. The molecule has 2 atom stereocenters. The van der Waals surface area contributed by atoms with Crippen LogP contribution in [0.3, 0.4) is 0 Å². The normalized spacial score (nSPS) is 33.7. The SMILES string of the molecule is CCN1CCC(CC2(C)OCC(CC(=O)O)O2)CC1. The third-order valence-corrected chi connectivity index (χ3v) is 4.21. The summed E-state index contributed by atoms with van der Waals surface area (Å²) >= 11 is 0. The zero-order chi connectivity index (χ0) is 13.9. The van der Waals surface area contributed by atoms with Gasteiger partial charge in [-0.1, -0.05) is 6.92 Å². The van der Waals surface area contributed by atoms with Gasteiger partial charge in [0.2, 0.25) is 0 Å². The third-order valence-electron chi connectivity index (χ3n) is 4.21. The summed E-state index contributed by atoms with van der Waals surface area (Å²) in [5.74, 6) is -0.787. The Morgan fingerprint density at radius 1 is 1.42 bits per heavy atom. The molecule has 0 aromatic carbocycles. The van der Waals surface area contributed by atoms with E-state index in [0.29, 0.717) is 12.5 Å². The van der Waals surface area contributed by atoms with Crippen LogP contribution in [-0.4, -0.2) is 54.1 Å². The molecule has 0 aliphatic carbocycles. The minimum Gasteiger partial charge on any atom is -0.481 e. The highest BCUT2D eigenvalue weighted by molar-refractivity contribution is 5.67. The molecule has 5 nitrogen and oxygen atoms in total. The fourth-order valence-corrected chi connectivity index (χ4v) is 3.12. The molecule has 1 N–H and O–H groups in total. The van der Waals surface area contributed by atoms with E-state index in [2.05, 4.69) is 11.8 Å². The Balaban J connectivity index is 1.78. The Morgan fingerprint density at radius 3 is 2.68 bits per heavy atom. The van der Waals surface area contributed by atoms with Crippen molar-refractivity contribution in [3.05, 3.63) is 0 Å². The first-order chi connectivity index (χ1) is 9.00. The maximum atomic E-state index is 10.7. The molecule has 2 aliphatic rings. The Bertz CT molecular complexity index is 315.